The number of carbonyl (C=O) groups excluding carboxylic acids is 1. The lowest BCUT2D eigenvalue weighted by Crippen LogP contribution is -2.42. The van der Waals surface area contributed by atoms with Crippen molar-refractivity contribution < 1.29 is 9.53 Å². The molecule has 4 atom stereocenters. The Kier molecular flexibility index (Phi) is 1.46. The first kappa shape index (κ1) is 7.76. The molecular formula is C9H14N2O2. The highest BCUT2D eigenvalue weighted by atomic mass is 16.5. The molecule has 0 saturated carbocycles. The molecule has 3 saturated heterocycles. The van der Waals surface area contributed by atoms with Crippen LogP contribution in [-0.4, -0.2) is 60.6 Å². The maximum atomic E-state index is 10.7. The molecule has 4 nitrogen and oxygen atoms in total. The maximum Gasteiger partial charge on any atom is 0.209 e. The van der Waals surface area contributed by atoms with Crippen molar-refractivity contribution in [1.29, 1.82) is 0 Å². The molecule has 0 unspecified atom stereocenters. The molecule has 3 aliphatic heterocycles. The zero-order chi connectivity index (χ0) is 9.00. The van der Waals surface area contributed by atoms with Gasteiger partial charge in [0.05, 0.1) is 24.3 Å². The zero-order valence-corrected chi connectivity index (χ0v) is 7.72. The Balaban J connectivity index is 1.89. The second kappa shape index (κ2) is 2.45. The van der Waals surface area contributed by atoms with Gasteiger partial charge in [-0.1, -0.05) is 0 Å². The van der Waals surface area contributed by atoms with Crippen LogP contribution in [0.1, 0.15) is 6.42 Å². The maximum absolute atomic E-state index is 10.7. The number of ether oxygens (including phenoxy) is 1. The van der Waals surface area contributed by atoms with E-state index in [1.54, 1.807) is 4.90 Å². The van der Waals surface area contributed by atoms with Crippen LogP contribution < -0.4 is 0 Å². The van der Waals surface area contributed by atoms with Gasteiger partial charge in [-0.25, -0.2) is 0 Å². The number of fused-ring (bicyclic) bond motifs is 1. The van der Waals surface area contributed by atoms with Gasteiger partial charge < -0.3 is 9.64 Å². The van der Waals surface area contributed by atoms with Crippen LogP contribution in [0.25, 0.3) is 0 Å². The summed E-state index contributed by atoms with van der Waals surface area (Å²) in [6.45, 7) is 2.17. The van der Waals surface area contributed by atoms with E-state index in [-0.39, 0.29) is 6.10 Å². The first-order valence-electron chi connectivity index (χ1n) is 4.88. The minimum atomic E-state index is 0.271. The quantitative estimate of drug-likeness (QED) is 0.529. The second-order valence-electron chi connectivity index (χ2n) is 4.25. The minimum absolute atomic E-state index is 0.271. The number of amides is 1. The standard InChI is InChI=1S/C9H14N2O2/c1-10(5-12)8-7-4-11-3-2-6(13-7)9(8)11/h5-9H,2-4H2,1H3/t6-,7+,8-,9+/m0/s1. The van der Waals surface area contributed by atoms with Gasteiger partial charge >= 0.3 is 0 Å². The third-order valence-corrected chi connectivity index (χ3v) is 3.63. The number of morpholine rings is 1. The Bertz CT molecular complexity index is 232. The molecular weight excluding hydrogens is 168 g/mol. The summed E-state index contributed by atoms with van der Waals surface area (Å²) in [5.41, 5.74) is 0. The van der Waals surface area contributed by atoms with Crippen LogP contribution in [0.3, 0.4) is 0 Å². The van der Waals surface area contributed by atoms with Gasteiger partial charge in [-0.05, 0) is 6.42 Å². The van der Waals surface area contributed by atoms with Crippen molar-refractivity contribution in [2.45, 2.75) is 30.7 Å². The monoisotopic (exact) mass is 182 g/mol. The van der Waals surface area contributed by atoms with E-state index in [2.05, 4.69) is 4.90 Å². The summed E-state index contributed by atoms with van der Waals surface area (Å²) in [5.74, 6) is 0. The van der Waals surface area contributed by atoms with Crippen molar-refractivity contribution >= 4 is 6.41 Å². The van der Waals surface area contributed by atoms with E-state index in [0.29, 0.717) is 18.2 Å². The minimum Gasteiger partial charge on any atom is -0.370 e. The van der Waals surface area contributed by atoms with E-state index >= 15 is 0 Å². The molecule has 72 valence electrons. The number of rotatable bonds is 2. The Morgan fingerprint density at radius 2 is 2.38 bits per heavy atom. The van der Waals surface area contributed by atoms with Gasteiger partial charge in [0.1, 0.15) is 0 Å². The Morgan fingerprint density at radius 1 is 1.54 bits per heavy atom. The van der Waals surface area contributed by atoms with Crippen LogP contribution in [0.15, 0.2) is 0 Å². The molecule has 3 aliphatic rings. The fourth-order valence-electron chi connectivity index (χ4n) is 3.13. The van der Waals surface area contributed by atoms with E-state index in [4.69, 9.17) is 4.74 Å². The molecule has 3 heterocycles. The predicted octanol–water partition coefficient (Wildman–Crippen LogP) is -0.701. The van der Waals surface area contributed by atoms with E-state index in [0.717, 1.165) is 25.9 Å². The van der Waals surface area contributed by atoms with E-state index in [1.165, 1.54) is 0 Å². The summed E-state index contributed by atoms with van der Waals surface area (Å²) in [6, 6.07) is 0.796. The summed E-state index contributed by atoms with van der Waals surface area (Å²) in [4.78, 5) is 14.9. The van der Waals surface area contributed by atoms with E-state index in [1.807, 2.05) is 7.05 Å². The molecule has 0 spiro atoms. The van der Waals surface area contributed by atoms with Gasteiger partial charge in [0.15, 0.2) is 0 Å². The highest BCUT2D eigenvalue weighted by Gasteiger charge is 2.58. The lowest BCUT2D eigenvalue weighted by atomic mass is 10.1. The van der Waals surface area contributed by atoms with Gasteiger partial charge in [0, 0.05) is 20.1 Å². The molecule has 0 radical (unpaired) electrons. The second-order valence-corrected chi connectivity index (χ2v) is 4.25. The topological polar surface area (TPSA) is 32.8 Å². The SMILES string of the molecule is CN(C=O)[C@@H]1[C@H]2[C@@H]3CCN2C[C@H]1O3. The summed E-state index contributed by atoms with van der Waals surface area (Å²) in [6.07, 6.45) is 2.73. The molecule has 0 aromatic rings. The average molecular weight is 182 g/mol. The molecule has 0 aromatic carbocycles. The van der Waals surface area contributed by atoms with Crippen LogP contribution in [-0.2, 0) is 9.53 Å². The van der Waals surface area contributed by atoms with Crippen molar-refractivity contribution in [3.63, 3.8) is 0 Å². The van der Waals surface area contributed by atoms with Crippen molar-refractivity contribution in [3.8, 4) is 0 Å². The molecule has 2 bridgehead atoms. The zero-order valence-electron chi connectivity index (χ0n) is 7.72. The van der Waals surface area contributed by atoms with Gasteiger partial charge in [0.25, 0.3) is 0 Å². The summed E-state index contributed by atoms with van der Waals surface area (Å²) in [7, 11) is 1.86. The number of hydrogen-bond acceptors (Lipinski definition) is 3. The lowest BCUT2D eigenvalue weighted by Gasteiger charge is -2.24. The fourth-order valence-corrected chi connectivity index (χ4v) is 3.13. The van der Waals surface area contributed by atoms with Gasteiger partial charge in [-0.15, -0.1) is 0 Å². The normalized spacial score (nSPS) is 47.2. The van der Waals surface area contributed by atoms with Gasteiger partial charge in [-0.2, -0.15) is 0 Å². The third kappa shape index (κ3) is 0.849. The van der Waals surface area contributed by atoms with Crippen LogP contribution >= 0.6 is 0 Å². The predicted molar refractivity (Wildman–Crippen MR) is 46.3 cm³/mol. The van der Waals surface area contributed by atoms with Crippen LogP contribution in [0.5, 0.6) is 0 Å². The summed E-state index contributed by atoms with van der Waals surface area (Å²) in [5, 5.41) is 0. The highest BCUT2D eigenvalue weighted by molar-refractivity contribution is 5.48. The first-order chi connectivity index (χ1) is 6.31. The molecule has 4 heteroatoms. The molecule has 3 rings (SSSR count). The van der Waals surface area contributed by atoms with Crippen LogP contribution in [0.2, 0.25) is 0 Å². The largest absolute Gasteiger partial charge is 0.370 e. The smallest absolute Gasteiger partial charge is 0.209 e. The Hall–Kier alpha value is -0.610. The Morgan fingerprint density at radius 3 is 3.08 bits per heavy atom. The van der Waals surface area contributed by atoms with E-state index < -0.39 is 0 Å². The molecule has 3 fully saturated rings. The first-order valence-corrected chi connectivity index (χ1v) is 4.88. The van der Waals surface area contributed by atoms with Gasteiger partial charge in [0.2, 0.25) is 6.41 Å². The van der Waals surface area contributed by atoms with Crippen molar-refractivity contribution in [3.05, 3.63) is 0 Å². The average Bonchev–Trinajstić information content (AvgIpc) is 2.70. The van der Waals surface area contributed by atoms with Crippen molar-refractivity contribution in [1.82, 2.24) is 9.80 Å². The lowest BCUT2D eigenvalue weighted by molar-refractivity contribution is -0.119. The van der Waals surface area contributed by atoms with Crippen molar-refractivity contribution in [2.24, 2.45) is 0 Å². The number of likely N-dealkylation sites (N-methyl/N-ethyl adjacent to an activating group) is 1. The molecule has 13 heavy (non-hydrogen) atoms. The Labute approximate surface area is 77.4 Å². The summed E-state index contributed by atoms with van der Waals surface area (Å²) < 4.78 is 5.84. The fraction of sp³-hybridized carbons (Fsp3) is 0.889. The number of carbonyl (C=O) groups is 1. The van der Waals surface area contributed by atoms with Crippen molar-refractivity contribution in [2.75, 3.05) is 20.1 Å². The molecule has 0 aromatic heterocycles. The van der Waals surface area contributed by atoms with E-state index in [9.17, 15) is 4.79 Å². The van der Waals surface area contributed by atoms with Crippen LogP contribution in [0, 0.1) is 0 Å². The van der Waals surface area contributed by atoms with Crippen LogP contribution in [0.4, 0.5) is 0 Å². The number of hydrogen-bond donors (Lipinski definition) is 0. The number of nitrogens with zero attached hydrogens (tertiary/aromatic N) is 2. The third-order valence-electron chi connectivity index (χ3n) is 3.63. The molecule has 0 aliphatic carbocycles. The molecule has 1 amide bonds. The summed E-state index contributed by atoms with van der Waals surface area (Å²) >= 11 is 0. The highest BCUT2D eigenvalue weighted by Crippen LogP contribution is 2.41. The van der Waals surface area contributed by atoms with Gasteiger partial charge in [-0.3, -0.25) is 9.69 Å². The molecule has 0 N–H and O–H groups in total.